The van der Waals surface area contributed by atoms with E-state index < -0.39 is 10.0 Å². The summed E-state index contributed by atoms with van der Waals surface area (Å²) in [5.41, 5.74) is 2.30. The zero-order valence-corrected chi connectivity index (χ0v) is 20.8. The van der Waals surface area contributed by atoms with Crippen LogP contribution in [-0.4, -0.2) is 19.3 Å². The van der Waals surface area contributed by atoms with E-state index in [0.29, 0.717) is 15.7 Å². The first-order chi connectivity index (χ1) is 15.3. The van der Waals surface area contributed by atoms with E-state index in [2.05, 4.69) is 37.6 Å². The number of aromatic nitrogens is 1. The largest absolute Gasteiger partial charge is 0.298 e. The number of rotatable bonds is 6. The number of halogens is 2. The van der Waals surface area contributed by atoms with Gasteiger partial charge in [-0.1, -0.05) is 29.8 Å². The first-order valence-corrected chi connectivity index (χ1v) is 13.0. The van der Waals surface area contributed by atoms with Gasteiger partial charge >= 0.3 is 0 Å². The van der Waals surface area contributed by atoms with Crippen molar-refractivity contribution in [3.05, 3.63) is 92.3 Å². The van der Waals surface area contributed by atoms with Crippen molar-refractivity contribution < 1.29 is 13.2 Å². The Morgan fingerprint density at radius 2 is 1.72 bits per heavy atom. The number of sulfonamides is 1. The fourth-order valence-electron chi connectivity index (χ4n) is 2.81. The van der Waals surface area contributed by atoms with Gasteiger partial charge in [0.1, 0.15) is 0 Å². The lowest BCUT2D eigenvalue weighted by Gasteiger charge is -2.09. The summed E-state index contributed by atoms with van der Waals surface area (Å²) in [4.78, 5) is 17.2. The van der Waals surface area contributed by atoms with Gasteiger partial charge in [0.2, 0.25) is 0 Å². The first kappa shape index (κ1) is 22.7. The molecule has 0 fully saturated rings. The Labute approximate surface area is 207 Å². The Morgan fingerprint density at radius 1 is 1.00 bits per heavy atom. The third kappa shape index (κ3) is 5.47. The second-order valence-corrected chi connectivity index (χ2v) is 10.9. The fraction of sp³-hybridized carbons (Fsp3) is 0. The summed E-state index contributed by atoms with van der Waals surface area (Å²) >= 11 is 9.37. The molecule has 1 amide bonds. The highest BCUT2D eigenvalue weighted by atomic mass is 127. The van der Waals surface area contributed by atoms with Crippen LogP contribution in [0.1, 0.15) is 10.4 Å². The van der Waals surface area contributed by atoms with Crippen LogP contribution in [0.3, 0.4) is 0 Å². The second-order valence-electron chi connectivity index (χ2n) is 6.64. The number of benzene rings is 3. The molecule has 4 aromatic rings. The maximum Gasteiger partial charge on any atom is 0.261 e. The number of nitrogens with zero attached hydrogens (tertiary/aromatic N) is 1. The first-order valence-electron chi connectivity index (χ1n) is 9.21. The van der Waals surface area contributed by atoms with Crippen LogP contribution >= 0.6 is 45.5 Å². The number of amides is 1. The molecule has 0 bridgehead atoms. The van der Waals surface area contributed by atoms with E-state index >= 15 is 0 Å². The molecule has 0 aliphatic carbocycles. The molecule has 0 aliphatic heterocycles. The van der Waals surface area contributed by atoms with Crippen LogP contribution in [0, 0.1) is 3.57 Å². The molecule has 10 heteroatoms. The van der Waals surface area contributed by atoms with Crippen LogP contribution in [0.2, 0.25) is 5.02 Å². The molecule has 0 radical (unpaired) electrons. The van der Waals surface area contributed by atoms with Gasteiger partial charge in [0.25, 0.3) is 15.9 Å². The topological polar surface area (TPSA) is 88.2 Å². The number of nitrogens with one attached hydrogen (secondary N) is 2. The monoisotopic (exact) mass is 595 g/mol. The molecule has 162 valence electrons. The maximum absolute atomic E-state index is 12.7. The minimum absolute atomic E-state index is 0.0719. The summed E-state index contributed by atoms with van der Waals surface area (Å²) in [6.07, 6.45) is 0. The van der Waals surface area contributed by atoms with Gasteiger partial charge in [-0.3, -0.25) is 14.8 Å². The van der Waals surface area contributed by atoms with Crippen molar-refractivity contribution in [1.29, 1.82) is 0 Å². The molecule has 1 aromatic heterocycles. The highest BCUT2D eigenvalue weighted by Crippen LogP contribution is 2.26. The summed E-state index contributed by atoms with van der Waals surface area (Å²) in [5, 5.41) is 5.53. The Morgan fingerprint density at radius 3 is 2.44 bits per heavy atom. The molecular weight excluding hydrogens is 581 g/mol. The molecule has 0 atom stereocenters. The lowest BCUT2D eigenvalue weighted by molar-refractivity contribution is 0.102. The van der Waals surface area contributed by atoms with E-state index in [1.165, 1.54) is 41.7 Å². The molecule has 0 saturated carbocycles. The van der Waals surface area contributed by atoms with Crippen molar-refractivity contribution in [2.75, 3.05) is 10.0 Å². The zero-order valence-electron chi connectivity index (χ0n) is 16.2. The van der Waals surface area contributed by atoms with E-state index in [4.69, 9.17) is 11.6 Å². The van der Waals surface area contributed by atoms with E-state index in [0.717, 1.165) is 14.8 Å². The predicted octanol–water partition coefficient (Wildman–Crippen LogP) is 6.12. The van der Waals surface area contributed by atoms with Crippen molar-refractivity contribution in [1.82, 2.24) is 4.98 Å². The van der Waals surface area contributed by atoms with Crippen molar-refractivity contribution in [3.63, 3.8) is 0 Å². The SMILES string of the molecule is O=C(Nc1nc(-c2ccc(I)cc2)cs1)c1cccc(NS(=O)(=O)c2ccc(Cl)cc2)c1. The van der Waals surface area contributed by atoms with Gasteiger partial charge in [-0.2, -0.15) is 0 Å². The van der Waals surface area contributed by atoms with Crippen molar-refractivity contribution in [3.8, 4) is 11.3 Å². The zero-order chi connectivity index (χ0) is 22.7. The average Bonchev–Trinajstić information content (AvgIpc) is 3.23. The third-order valence-electron chi connectivity index (χ3n) is 4.37. The minimum atomic E-state index is -3.81. The number of anilines is 2. The maximum atomic E-state index is 12.7. The van der Waals surface area contributed by atoms with Gasteiger partial charge in [0.15, 0.2) is 5.13 Å². The molecule has 32 heavy (non-hydrogen) atoms. The number of hydrogen-bond acceptors (Lipinski definition) is 5. The van der Waals surface area contributed by atoms with Gasteiger partial charge in [-0.05, 0) is 77.2 Å². The lowest BCUT2D eigenvalue weighted by Crippen LogP contribution is -2.15. The van der Waals surface area contributed by atoms with Crippen LogP contribution < -0.4 is 10.0 Å². The van der Waals surface area contributed by atoms with Gasteiger partial charge < -0.3 is 0 Å². The molecule has 0 aliphatic rings. The Hall–Kier alpha value is -2.47. The van der Waals surface area contributed by atoms with Crippen LogP contribution in [0.5, 0.6) is 0 Å². The number of carbonyl (C=O) groups excluding carboxylic acids is 1. The standard InChI is InChI=1S/C22H15ClIN3O3S2/c23-16-6-10-19(11-7-16)32(29,30)27-18-3-1-2-15(12-18)21(28)26-22-25-20(13-31-22)14-4-8-17(24)9-5-14/h1-13,27H,(H,25,26,28). The smallest absolute Gasteiger partial charge is 0.261 e. The Bertz CT molecular complexity index is 1370. The molecule has 0 saturated heterocycles. The van der Waals surface area contributed by atoms with Gasteiger partial charge in [-0.25, -0.2) is 13.4 Å². The third-order valence-corrected chi connectivity index (χ3v) is 7.49. The molecule has 4 rings (SSSR count). The lowest BCUT2D eigenvalue weighted by atomic mass is 10.2. The van der Waals surface area contributed by atoms with Crippen molar-refractivity contribution in [2.24, 2.45) is 0 Å². The molecule has 2 N–H and O–H groups in total. The number of thiazole rings is 1. The highest BCUT2D eigenvalue weighted by Gasteiger charge is 2.16. The highest BCUT2D eigenvalue weighted by molar-refractivity contribution is 14.1. The van der Waals surface area contributed by atoms with E-state index in [1.807, 2.05) is 29.6 Å². The summed E-state index contributed by atoms with van der Waals surface area (Å²) in [6.45, 7) is 0. The predicted molar refractivity (Wildman–Crippen MR) is 137 cm³/mol. The van der Waals surface area contributed by atoms with Crippen molar-refractivity contribution >= 4 is 72.3 Å². The van der Waals surface area contributed by atoms with Crippen LogP contribution in [-0.2, 0) is 10.0 Å². The molecule has 3 aromatic carbocycles. The van der Waals surface area contributed by atoms with Gasteiger partial charge in [0, 0.05) is 30.8 Å². The minimum Gasteiger partial charge on any atom is -0.298 e. The Balaban J connectivity index is 1.48. The van der Waals surface area contributed by atoms with Crippen molar-refractivity contribution in [2.45, 2.75) is 4.90 Å². The Kier molecular flexibility index (Phi) is 6.79. The summed E-state index contributed by atoms with van der Waals surface area (Å²) in [7, 11) is -3.81. The molecule has 1 heterocycles. The normalized spacial score (nSPS) is 11.2. The van der Waals surface area contributed by atoms with E-state index in [9.17, 15) is 13.2 Å². The van der Waals surface area contributed by atoms with Crippen LogP contribution in [0.4, 0.5) is 10.8 Å². The fourth-order valence-corrected chi connectivity index (χ4v) is 5.06. The van der Waals surface area contributed by atoms with Crippen LogP contribution in [0.25, 0.3) is 11.3 Å². The second kappa shape index (κ2) is 9.57. The van der Waals surface area contributed by atoms with E-state index in [-0.39, 0.29) is 16.5 Å². The molecule has 6 nitrogen and oxygen atoms in total. The average molecular weight is 596 g/mol. The molecular formula is C22H15ClIN3O3S2. The van der Waals surface area contributed by atoms with Gasteiger partial charge in [0.05, 0.1) is 10.6 Å². The van der Waals surface area contributed by atoms with Crippen LogP contribution in [0.15, 0.2) is 83.1 Å². The van der Waals surface area contributed by atoms with E-state index in [1.54, 1.807) is 18.2 Å². The molecule has 0 spiro atoms. The molecule has 0 unspecified atom stereocenters. The summed E-state index contributed by atoms with van der Waals surface area (Å²) < 4.78 is 28.8. The van der Waals surface area contributed by atoms with Gasteiger partial charge in [-0.15, -0.1) is 11.3 Å². The summed E-state index contributed by atoms with van der Waals surface area (Å²) in [5.74, 6) is -0.388. The quantitative estimate of drug-likeness (QED) is 0.263. The number of carbonyl (C=O) groups is 1. The number of hydrogen-bond donors (Lipinski definition) is 2. The summed E-state index contributed by atoms with van der Waals surface area (Å²) in [6, 6.07) is 20.0.